The molecule has 4 nitrogen and oxygen atoms in total. The van der Waals surface area contributed by atoms with Crippen molar-refractivity contribution in [3.05, 3.63) is 64.6 Å². The van der Waals surface area contributed by atoms with Crippen molar-refractivity contribution in [2.75, 3.05) is 4.72 Å². The van der Waals surface area contributed by atoms with E-state index in [9.17, 15) is 13.5 Å². The smallest absolute Gasteiger partial charge is 0.261 e. The quantitative estimate of drug-likeness (QED) is 0.568. The van der Waals surface area contributed by atoms with Crippen LogP contribution in [0.2, 0.25) is 0 Å². The summed E-state index contributed by atoms with van der Waals surface area (Å²) in [6.45, 7) is 4.11. The number of benzene rings is 3. The van der Waals surface area contributed by atoms with Gasteiger partial charge < -0.3 is 5.11 Å². The van der Waals surface area contributed by atoms with Gasteiger partial charge in [0.15, 0.2) is 0 Å². The maximum atomic E-state index is 12.7. The van der Waals surface area contributed by atoms with Crippen LogP contribution in [0.3, 0.4) is 0 Å². The van der Waals surface area contributed by atoms with Crippen LogP contribution >= 0.6 is 15.9 Å². The number of sulfonamides is 1. The van der Waals surface area contributed by atoms with Crippen molar-refractivity contribution in [3.8, 4) is 5.75 Å². The van der Waals surface area contributed by atoms with Gasteiger partial charge in [-0.3, -0.25) is 4.72 Å². The summed E-state index contributed by atoms with van der Waals surface area (Å²) in [6, 6.07) is 15.5. The molecule has 0 radical (unpaired) electrons. The van der Waals surface area contributed by atoms with Crippen molar-refractivity contribution in [3.63, 3.8) is 0 Å². The standard InChI is InChI=1S/C19H18BrNO3S/c1-12(2)13-7-9-14(10-8-13)25(23,24)21-18-11-17(20)19(22)16-6-4-3-5-15(16)18/h3-12,21-22H,1-2H3. The van der Waals surface area contributed by atoms with Gasteiger partial charge in [0.05, 0.1) is 15.1 Å². The van der Waals surface area contributed by atoms with Crippen LogP contribution in [0, 0.1) is 0 Å². The Morgan fingerprint density at radius 2 is 1.60 bits per heavy atom. The van der Waals surface area contributed by atoms with Crippen LogP contribution in [0.5, 0.6) is 5.75 Å². The molecule has 0 saturated carbocycles. The van der Waals surface area contributed by atoms with Crippen LogP contribution in [0.1, 0.15) is 25.3 Å². The summed E-state index contributed by atoms with van der Waals surface area (Å²) >= 11 is 3.27. The first-order valence-electron chi connectivity index (χ1n) is 7.82. The fraction of sp³-hybridized carbons (Fsp3) is 0.158. The predicted octanol–water partition coefficient (Wildman–Crippen LogP) is 5.23. The molecule has 3 aromatic carbocycles. The van der Waals surface area contributed by atoms with Crippen molar-refractivity contribution in [1.82, 2.24) is 0 Å². The number of hydrogen-bond acceptors (Lipinski definition) is 3. The molecule has 0 unspecified atom stereocenters. The summed E-state index contributed by atoms with van der Waals surface area (Å²) in [5.74, 6) is 0.418. The summed E-state index contributed by atoms with van der Waals surface area (Å²) in [5.41, 5.74) is 1.49. The van der Waals surface area contributed by atoms with E-state index >= 15 is 0 Å². The number of phenols is 1. The van der Waals surface area contributed by atoms with Gasteiger partial charge in [-0.2, -0.15) is 0 Å². The third-order valence-electron chi connectivity index (χ3n) is 4.07. The molecule has 0 spiro atoms. The van der Waals surface area contributed by atoms with Gasteiger partial charge in [-0.25, -0.2) is 8.42 Å². The first kappa shape index (κ1) is 17.8. The van der Waals surface area contributed by atoms with Gasteiger partial charge in [0, 0.05) is 10.8 Å². The minimum absolute atomic E-state index is 0.0832. The molecule has 0 saturated heterocycles. The number of anilines is 1. The Labute approximate surface area is 155 Å². The molecular formula is C19H18BrNO3S. The average molecular weight is 420 g/mol. The molecule has 0 aliphatic heterocycles. The van der Waals surface area contributed by atoms with Crippen LogP contribution in [-0.4, -0.2) is 13.5 Å². The molecule has 0 heterocycles. The molecule has 130 valence electrons. The van der Waals surface area contributed by atoms with Gasteiger partial charge in [-0.05, 0) is 45.6 Å². The van der Waals surface area contributed by atoms with Gasteiger partial charge in [0.2, 0.25) is 0 Å². The van der Waals surface area contributed by atoms with E-state index in [2.05, 4.69) is 34.5 Å². The molecular weight excluding hydrogens is 402 g/mol. The lowest BCUT2D eigenvalue weighted by Crippen LogP contribution is -2.13. The predicted molar refractivity (Wildman–Crippen MR) is 105 cm³/mol. The highest BCUT2D eigenvalue weighted by Gasteiger charge is 2.18. The molecule has 25 heavy (non-hydrogen) atoms. The molecule has 0 atom stereocenters. The summed E-state index contributed by atoms with van der Waals surface area (Å²) < 4.78 is 28.5. The van der Waals surface area contributed by atoms with Crippen molar-refractivity contribution in [2.45, 2.75) is 24.7 Å². The number of rotatable bonds is 4. The van der Waals surface area contributed by atoms with E-state index < -0.39 is 10.0 Å². The van der Waals surface area contributed by atoms with E-state index in [-0.39, 0.29) is 10.6 Å². The molecule has 0 aliphatic carbocycles. The maximum absolute atomic E-state index is 12.7. The summed E-state index contributed by atoms with van der Waals surface area (Å²) in [6.07, 6.45) is 0. The zero-order valence-electron chi connectivity index (χ0n) is 13.8. The first-order chi connectivity index (χ1) is 11.8. The molecule has 0 aliphatic rings. The lowest BCUT2D eigenvalue weighted by Gasteiger charge is -2.13. The lowest BCUT2D eigenvalue weighted by molar-refractivity contribution is 0.478. The zero-order valence-corrected chi connectivity index (χ0v) is 16.2. The summed E-state index contributed by atoms with van der Waals surface area (Å²) in [4.78, 5) is 0.199. The summed E-state index contributed by atoms with van der Waals surface area (Å²) in [5, 5.41) is 11.4. The monoisotopic (exact) mass is 419 g/mol. The SMILES string of the molecule is CC(C)c1ccc(S(=O)(=O)Nc2cc(Br)c(O)c3ccccc23)cc1. The van der Waals surface area contributed by atoms with E-state index in [1.165, 1.54) is 0 Å². The second kappa shape index (κ2) is 6.69. The van der Waals surface area contributed by atoms with Gasteiger partial charge >= 0.3 is 0 Å². The van der Waals surface area contributed by atoms with Crippen LogP contribution in [0.4, 0.5) is 5.69 Å². The maximum Gasteiger partial charge on any atom is 0.261 e. The van der Waals surface area contributed by atoms with Gasteiger partial charge in [-0.15, -0.1) is 0 Å². The number of phenolic OH excluding ortho intramolecular Hbond substituents is 1. The van der Waals surface area contributed by atoms with Crippen LogP contribution in [-0.2, 0) is 10.0 Å². The second-order valence-electron chi connectivity index (χ2n) is 6.13. The Bertz CT molecular complexity index is 1030. The van der Waals surface area contributed by atoms with Gasteiger partial charge in [0.1, 0.15) is 5.75 Å². The Balaban J connectivity index is 2.04. The van der Waals surface area contributed by atoms with Crippen molar-refractivity contribution >= 4 is 42.4 Å². The van der Waals surface area contributed by atoms with Crippen molar-refractivity contribution in [1.29, 1.82) is 0 Å². The largest absolute Gasteiger partial charge is 0.506 e. The van der Waals surface area contributed by atoms with Gasteiger partial charge in [0.25, 0.3) is 10.0 Å². The molecule has 2 N–H and O–H groups in total. The Morgan fingerprint density at radius 3 is 2.20 bits per heavy atom. The summed E-state index contributed by atoms with van der Waals surface area (Å²) in [7, 11) is -3.73. The normalized spacial score (nSPS) is 11.8. The Morgan fingerprint density at radius 1 is 1.00 bits per heavy atom. The van der Waals surface area contributed by atoms with Gasteiger partial charge in [-0.1, -0.05) is 50.2 Å². The lowest BCUT2D eigenvalue weighted by atomic mass is 10.0. The number of hydrogen-bond donors (Lipinski definition) is 2. The molecule has 3 rings (SSSR count). The van der Waals surface area contributed by atoms with Crippen molar-refractivity contribution < 1.29 is 13.5 Å². The fourth-order valence-corrected chi connectivity index (χ4v) is 4.16. The minimum atomic E-state index is -3.73. The van der Waals surface area contributed by atoms with E-state index in [1.807, 2.05) is 12.1 Å². The first-order valence-corrected chi connectivity index (χ1v) is 10.1. The Kier molecular flexibility index (Phi) is 4.75. The molecule has 3 aromatic rings. The number of halogens is 1. The van der Waals surface area contributed by atoms with Crippen molar-refractivity contribution in [2.24, 2.45) is 0 Å². The average Bonchev–Trinajstić information content (AvgIpc) is 2.59. The second-order valence-corrected chi connectivity index (χ2v) is 8.67. The molecule has 0 aromatic heterocycles. The molecule has 0 fully saturated rings. The third kappa shape index (κ3) is 3.50. The topological polar surface area (TPSA) is 66.4 Å². The molecule has 6 heteroatoms. The highest BCUT2D eigenvalue weighted by atomic mass is 79.9. The number of fused-ring (bicyclic) bond motifs is 1. The van der Waals surface area contributed by atoms with Crippen LogP contribution < -0.4 is 4.72 Å². The highest BCUT2D eigenvalue weighted by molar-refractivity contribution is 9.10. The van der Waals surface area contributed by atoms with E-state index in [0.29, 0.717) is 26.9 Å². The number of aromatic hydroxyl groups is 1. The highest BCUT2D eigenvalue weighted by Crippen LogP contribution is 2.38. The van der Waals surface area contributed by atoms with E-state index in [4.69, 9.17) is 0 Å². The van der Waals surface area contributed by atoms with E-state index in [0.717, 1.165) is 5.56 Å². The van der Waals surface area contributed by atoms with Crippen LogP contribution in [0.25, 0.3) is 10.8 Å². The zero-order chi connectivity index (χ0) is 18.2. The van der Waals surface area contributed by atoms with E-state index in [1.54, 1.807) is 42.5 Å². The third-order valence-corrected chi connectivity index (χ3v) is 6.06. The fourth-order valence-electron chi connectivity index (χ4n) is 2.65. The molecule has 0 amide bonds. The Hall–Kier alpha value is -2.05. The van der Waals surface area contributed by atoms with Crippen LogP contribution in [0.15, 0.2) is 64.0 Å². The molecule has 0 bridgehead atoms. The number of nitrogens with one attached hydrogen (secondary N) is 1. The minimum Gasteiger partial charge on any atom is -0.506 e.